The summed E-state index contributed by atoms with van der Waals surface area (Å²) in [6.07, 6.45) is 0. The maximum Gasteiger partial charge on any atom is 0.147 e. The number of benzene rings is 2. The molecule has 0 fully saturated rings. The number of halogens is 2. The van der Waals surface area contributed by atoms with Crippen molar-refractivity contribution in [1.82, 2.24) is 0 Å². The van der Waals surface area contributed by atoms with E-state index in [2.05, 4.69) is 21.2 Å². The monoisotopic (exact) mass is 309 g/mol. The highest BCUT2D eigenvalue weighted by molar-refractivity contribution is 9.10. The van der Waals surface area contributed by atoms with Gasteiger partial charge in [-0.25, -0.2) is 4.39 Å². The molecule has 0 spiro atoms. The van der Waals surface area contributed by atoms with E-state index >= 15 is 0 Å². The molecule has 0 unspecified atom stereocenters. The van der Waals surface area contributed by atoms with Gasteiger partial charge in [-0.15, -0.1) is 0 Å². The Balaban J connectivity index is 2.06. The first-order valence-corrected chi connectivity index (χ1v) is 6.36. The highest BCUT2D eigenvalue weighted by atomic mass is 79.9. The molecule has 0 saturated carbocycles. The van der Waals surface area contributed by atoms with Crippen LogP contribution in [0.5, 0.6) is 0 Å². The molecule has 0 aliphatic heterocycles. The van der Waals surface area contributed by atoms with Crippen molar-refractivity contribution in [2.45, 2.75) is 13.2 Å². The molecule has 2 N–H and O–H groups in total. The van der Waals surface area contributed by atoms with Gasteiger partial charge in [-0.1, -0.05) is 30.3 Å². The van der Waals surface area contributed by atoms with Gasteiger partial charge in [-0.2, -0.15) is 0 Å². The predicted molar refractivity (Wildman–Crippen MR) is 73.8 cm³/mol. The van der Waals surface area contributed by atoms with Crippen LogP contribution in [0, 0.1) is 5.82 Å². The van der Waals surface area contributed by atoms with Gasteiger partial charge < -0.3 is 10.4 Å². The maximum atomic E-state index is 13.5. The molecule has 0 radical (unpaired) electrons. The highest BCUT2D eigenvalue weighted by Gasteiger charge is 2.05. The van der Waals surface area contributed by atoms with Gasteiger partial charge in [0.05, 0.1) is 12.3 Å². The Morgan fingerprint density at radius 1 is 1.06 bits per heavy atom. The molecular formula is C14H13BrFNO. The summed E-state index contributed by atoms with van der Waals surface area (Å²) in [5, 5.41) is 12.0. The van der Waals surface area contributed by atoms with Crippen molar-refractivity contribution >= 4 is 21.6 Å². The van der Waals surface area contributed by atoms with Crippen LogP contribution in [-0.4, -0.2) is 5.11 Å². The zero-order valence-corrected chi connectivity index (χ0v) is 11.2. The Morgan fingerprint density at radius 2 is 1.72 bits per heavy atom. The summed E-state index contributed by atoms with van der Waals surface area (Å²) in [5.74, 6) is -0.281. The molecule has 4 heteroatoms. The molecular weight excluding hydrogens is 297 g/mol. The fraction of sp³-hybridized carbons (Fsp3) is 0.143. The smallest absolute Gasteiger partial charge is 0.147 e. The molecule has 0 atom stereocenters. The largest absolute Gasteiger partial charge is 0.392 e. The lowest BCUT2D eigenvalue weighted by Crippen LogP contribution is -2.02. The minimum Gasteiger partial charge on any atom is -0.392 e. The van der Waals surface area contributed by atoms with E-state index in [4.69, 9.17) is 5.11 Å². The SMILES string of the molecule is OCc1ccc(CNc2c(F)cccc2Br)cc1. The lowest BCUT2D eigenvalue weighted by Gasteiger charge is -2.10. The number of hydrogen-bond donors (Lipinski definition) is 2. The van der Waals surface area contributed by atoms with E-state index in [1.165, 1.54) is 6.07 Å². The van der Waals surface area contributed by atoms with Gasteiger partial charge in [0.1, 0.15) is 5.82 Å². The fourth-order valence-corrected chi connectivity index (χ4v) is 2.10. The van der Waals surface area contributed by atoms with Gasteiger partial charge in [0.15, 0.2) is 0 Å². The molecule has 0 saturated heterocycles. The van der Waals surface area contributed by atoms with E-state index in [1.54, 1.807) is 12.1 Å². The Bertz CT molecular complexity index is 508. The van der Waals surface area contributed by atoms with E-state index in [9.17, 15) is 4.39 Å². The summed E-state index contributed by atoms with van der Waals surface area (Å²) in [7, 11) is 0. The second kappa shape index (κ2) is 5.98. The van der Waals surface area contributed by atoms with Crippen molar-refractivity contribution in [3.8, 4) is 0 Å². The van der Waals surface area contributed by atoms with Gasteiger partial charge in [0, 0.05) is 11.0 Å². The number of aliphatic hydroxyl groups excluding tert-OH is 1. The second-order valence-corrected chi connectivity index (χ2v) is 4.78. The van der Waals surface area contributed by atoms with E-state index < -0.39 is 0 Å². The quantitative estimate of drug-likeness (QED) is 0.902. The highest BCUT2D eigenvalue weighted by Crippen LogP contribution is 2.25. The first kappa shape index (κ1) is 13.1. The molecule has 0 aromatic heterocycles. The molecule has 0 aliphatic carbocycles. The summed E-state index contributed by atoms with van der Waals surface area (Å²) in [6.45, 7) is 0.567. The summed E-state index contributed by atoms with van der Waals surface area (Å²) in [4.78, 5) is 0. The van der Waals surface area contributed by atoms with Crippen LogP contribution in [0.4, 0.5) is 10.1 Å². The molecule has 0 heterocycles. The Kier molecular flexibility index (Phi) is 4.33. The number of rotatable bonds is 4. The summed E-state index contributed by atoms with van der Waals surface area (Å²) in [5.41, 5.74) is 2.36. The van der Waals surface area contributed by atoms with Crippen molar-refractivity contribution in [2.24, 2.45) is 0 Å². The van der Waals surface area contributed by atoms with Gasteiger partial charge in [-0.05, 0) is 39.2 Å². The number of nitrogens with one attached hydrogen (secondary N) is 1. The van der Waals surface area contributed by atoms with Gasteiger partial charge >= 0.3 is 0 Å². The average Bonchev–Trinajstić information content (AvgIpc) is 2.39. The normalized spacial score (nSPS) is 10.4. The van der Waals surface area contributed by atoms with Crippen LogP contribution in [0.1, 0.15) is 11.1 Å². The molecule has 0 amide bonds. The molecule has 2 rings (SSSR count). The first-order chi connectivity index (χ1) is 8.70. The van der Waals surface area contributed by atoms with E-state index in [1.807, 2.05) is 24.3 Å². The molecule has 18 heavy (non-hydrogen) atoms. The molecule has 0 aliphatic rings. The van der Waals surface area contributed by atoms with Crippen molar-refractivity contribution < 1.29 is 9.50 Å². The summed E-state index contributed by atoms with van der Waals surface area (Å²) < 4.78 is 14.2. The topological polar surface area (TPSA) is 32.3 Å². The standard InChI is InChI=1S/C14H13BrFNO/c15-12-2-1-3-13(16)14(12)17-8-10-4-6-11(9-18)7-5-10/h1-7,17-18H,8-9H2. The van der Waals surface area contributed by atoms with E-state index in [0.29, 0.717) is 16.7 Å². The fourth-order valence-electron chi connectivity index (χ4n) is 1.62. The molecule has 2 nitrogen and oxygen atoms in total. The Hall–Kier alpha value is -1.39. The van der Waals surface area contributed by atoms with Gasteiger partial charge in [0.2, 0.25) is 0 Å². The van der Waals surface area contributed by atoms with Crippen LogP contribution in [0.15, 0.2) is 46.9 Å². The van der Waals surface area contributed by atoms with Crippen LogP contribution in [0.2, 0.25) is 0 Å². The minimum absolute atomic E-state index is 0.0343. The maximum absolute atomic E-state index is 13.5. The van der Waals surface area contributed by atoms with Crippen molar-refractivity contribution in [2.75, 3.05) is 5.32 Å². The van der Waals surface area contributed by atoms with E-state index in [-0.39, 0.29) is 12.4 Å². The summed E-state index contributed by atoms with van der Waals surface area (Å²) in [6, 6.07) is 12.4. The van der Waals surface area contributed by atoms with Crippen LogP contribution in [-0.2, 0) is 13.2 Å². The Morgan fingerprint density at radius 3 is 2.33 bits per heavy atom. The first-order valence-electron chi connectivity index (χ1n) is 5.57. The van der Waals surface area contributed by atoms with Gasteiger partial charge in [0.25, 0.3) is 0 Å². The third kappa shape index (κ3) is 3.09. The number of anilines is 1. The van der Waals surface area contributed by atoms with Gasteiger partial charge in [-0.3, -0.25) is 0 Å². The second-order valence-electron chi connectivity index (χ2n) is 3.92. The summed E-state index contributed by atoms with van der Waals surface area (Å²) >= 11 is 3.31. The third-order valence-corrected chi connectivity index (χ3v) is 3.30. The van der Waals surface area contributed by atoms with Crippen molar-refractivity contribution in [1.29, 1.82) is 0 Å². The molecule has 94 valence electrons. The zero-order valence-electron chi connectivity index (χ0n) is 9.66. The number of hydrogen-bond acceptors (Lipinski definition) is 2. The zero-order chi connectivity index (χ0) is 13.0. The Labute approximate surface area is 114 Å². The molecule has 2 aromatic carbocycles. The van der Waals surface area contributed by atoms with Crippen molar-refractivity contribution in [3.05, 3.63) is 63.9 Å². The average molecular weight is 310 g/mol. The predicted octanol–water partition coefficient (Wildman–Crippen LogP) is 3.69. The molecule has 0 bridgehead atoms. The van der Waals surface area contributed by atoms with Crippen LogP contribution >= 0.6 is 15.9 Å². The number of para-hydroxylation sites is 1. The minimum atomic E-state index is -0.281. The van der Waals surface area contributed by atoms with E-state index in [0.717, 1.165) is 11.1 Å². The third-order valence-electron chi connectivity index (χ3n) is 2.64. The van der Waals surface area contributed by atoms with Crippen molar-refractivity contribution in [3.63, 3.8) is 0 Å². The lowest BCUT2D eigenvalue weighted by molar-refractivity contribution is 0.282. The molecule has 2 aromatic rings. The van der Waals surface area contributed by atoms with Crippen LogP contribution in [0.25, 0.3) is 0 Å². The number of aliphatic hydroxyl groups is 1. The lowest BCUT2D eigenvalue weighted by atomic mass is 10.1. The van der Waals surface area contributed by atoms with Crippen LogP contribution < -0.4 is 5.32 Å². The van der Waals surface area contributed by atoms with Crippen LogP contribution in [0.3, 0.4) is 0 Å².